The molecule has 1 saturated carbocycles. The molecule has 5 nitrogen and oxygen atoms in total. The lowest BCUT2D eigenvalue weighted by molar-refractivity contribution is -0.193. The first kappa shape index (κ1) is 14.4. The summed E-state index contributed by atoms with van der Waals surface area (Å²) in [6, 6.07) is 8.25. The molecule has 114 valence electrons. The highest BCUT2D eigenvalue weighted by molar-refractivity contribution is 5.75. The Balaban J connectivity index is 1.71. The quantitative estimate of drug-likeness (QED) is 0.796. The van der Waals surface area contributed by atoms with Crippen molar-refractivity contribution in [1.29, 1.82) is 0 Å². The van der Waals surface area contributed by atoms with E-state index in [0.29, 0.717) is 12.6 Å². The second-order valence-corrected chi connectivity index (χ2v) is 5.63. The second kappa shape index (κ2) is 6.03. The fourth-order valence-electron chi connectivity index (χ4n) is 3.38. The lowest BCUT2D eigenvalue weighted by atomic mass is 9.98. The van der Waals surface area contributed by atoms with E-state index < -0.39 is 6.10 Å². The molecule has 0 amide bonds. The summed E-state index contributed by atoms with van der Waals surface area (Å²) in [5.74, 6) is 0.840. The number of fused-ring (bicyclic) bond motifs is 1. The van der Waals surface area contributed by atoms with Gasteiger partial charge in [0.1, 0.15) is 5.75 Å². The number of carbonyl (C=O) groups excluding carboxylic acids is 1. The highest BCUT2D eigenvalue weighted by atomic mass is 16.7. The number of esters is 1. The van der Waals surface area contributed by atoms with E-state index in [0.717, 1.165) is 30.6 Å². The van der Waals surface area contributed by atoms with Gasteiger partial charge in [-0.1, -0.05) is 18.6 Å². The van der Waals surface area contributed by atoms with Crippen molar-refractivity contribution in [3.05, 3.63) is 29.8 Å². The van der Waals surface area contributed by atoms with Crippen LogP contribution in [0, 0.1) is 5.92 Å². The van der Waals surface area contributed by atoms with Crippen LogP contribution in [0.4, 0.5) is 0 Å². The number of hydrogen-bond donors (Lipinski definition) is 0. The summed E-state index contributed by atoms with van der Waals surface area (Å²) < 4.78 is 10.0. The van der Waals surface area contributed by atoms with Crippen LogP contribution in [-0.4, -0.2) is 37.4 Å². The highest BCUT2D eigenvalue weighted by Gasteiger charge is 2.49. The smallest absolute Gasteiger partial charge is 0.337 e. The minimum Gasteiger partial charge on any atom is -0.497 e. The Bertz CT molecular complexity index is 502. The second-order valence-electron chi connectivity index (χ2n) is 5.63. The predicted molar refractivity (Wildman–Crippen MR) is 76.6 cm³/mol. The minimum absolute atomic E-state index is 0.260. The molecule has 1 aliphatic heterocycles. The summed E-state index contributed by atoms with van der Waals surface area (Å²) in [6.07, 6.45) is 2.81. The summed E-state index contributed by atoms with van der Waals surface area (Å²) >= 11 is 0. The molecule has 5 heteroatoms. The number of benzene rings is 1. The number of carbonyl (C=O) groups is 1. The molecule has 0 spiro atoms. The van der Waals surface area contributed by atoms with E-state index >= 15 is 0 Å². The third-order valence-electron chi connectivity index (χ3n) is 4.47. The molecule has 3 rings (SSSR count). The van der Waals surface area contributed by atoms with Gasteiger partial charge in [-0.3, -0.25) is 4.84 Å². The molecule has 1 aromatic carbocycles. The molecule has 0 bridgehead atoms. The summed E-state index contributed by atoms with van der Waals surface area (Å²) in [5, 5.41) is 1.96. The maximum atomic E-state index is 11.8. The number of hydrogen-bond acceptors (Lipinski definition) is 5. The lowest BCUT2D eigenvalue weighted by Crippen LogP contribution is -2.29. The van der Waals surface area contributed by atoms with Crippen molar-refractivity contribution in [2.75, 3.05) is 14.2 Å². The molecular formula is C16H21NO4. The standard InChI is InChI=1S/C16H21NO4/c1-19-12-8-6-11(7-9-12)10-17-14-5-3-4-13(14)15(21-17)16(18)20-2/h6-9,13-15H,3-5,10H2,1-2H3/t13-,14+,15-/m0/s1. The highest BCUT2D eigenvalue weighted by Crippen LogP contribution is 2.41. The summed E-state index contributed by atoms with van der Waals surface area (Å²) in [5.41, 5.74) is 1.15. The number of hydroxylamine groups is 2. The molecule has 0 radical (unpaired) electrons. The molecule has 1 saturated heterocycles. The monoisotopic (exact) mass is 291 g/mol. The molecule has 1 aromatic rings. The molecule has 0 unspecified atom stereocenters. The average molecular weight is 291 g/mol. The summed E-state index contributed by atoms with van der Waals surface area (Å²) in [6.45, 7) is 0.679. The van der Waals surface area contributed by atoms with Crippen molar-refractivity contribution in [1.82, 2.24) is 5.06 Å². The normalized spacial score (nSPS) is 28.4. The van der Waals surface area contributed by atoms with Crippen LogP contribution in [0.1, 0.15) is 24.8 Å². The minimum atomic E-state index is -0.444. The number of nitrogens with zero attached hydrogens (tertiary/aromatic N) is 1. The topological polar surface area (TPSA) is 48.0 Å². The number of methoxy groups -OCH3 is 2. The van der Waals surface area contributed by atoms with E-state index in [1.807, 2.05) is 29.3 Å². The van der Waals surface area contributed by atoms with Crippen molar-refractivity contribution in [2.24, 2.45) is 5.92 Å². The first-order valence-corrected chi connectivity index (χ1v) is 7.37. The van der Waals surface area contributed by atoms with Gasteiger partial charge in [-0.15, -0.1) is 0 Å². The van der Waals surface area contributed by atoms with E-state index in [2.05, 4.69) is 0 Å². The summed E-state index contributed by atoms with van der Waals surface area (Å²) in [7, 11) is 3.07. The zero-order valence-electron chi connectivity index (χ0n) is 12.5. The van der Waals surface area contributed by atoms with Gasteiger partial charge >= 0.3 is 5.97 Å². The fraction of sp³-hybridized carbons (Fsp3) is 0.562. The molecule has 1 aliphatic carbocycles. The molecule has 1 heterocycles. The van der Waals surface area contributed by atoms with Gasteiger partial charge in [0.05, 0.1) is 14.2 Å². The van der Waals surface area contributed by atoms with Crippen LogP contribution in [0.2, 0.25) is 0 Å². The van der Waals surface area contributed by atoms with Crippen LogP contribution in [0.15, 0.2) is 24.3 Å². The molecule has 2 aliphatic rings. The van der Waals surface area contributed by atoms with Gasteiger partial charge in [0.15, 0.2) is 6.10 Å². The average Bonchev–Trinajstić information content (AvgIpc) is 3.11. The van der Waals surface area contributed by atoms with Crippen molar-refractivity contribution in [3.8, 4) is 5.75 Å². The molecule has 0 N–H and O–H groups in total. The van der Waals surface area contributed by atoms with Gasteiger partial charge in [-0.2, -0.15) is 5.06 Å². The summed E-state index contributed by atoms with van der Waals surface area (Å²) in [4.78, 5) is 17.7. The van der Waals surface area contributed by atoms with Crippen LogP contribution in [0.25, 0.3) is 0 Å². The van der Waals surface area contributed by atoms with Gasteiger partial charge in [-0.05, 0) is 30.5 Å². The Kier molecular flexibility index (Phi) is 4.12. The number of ether oxygens (including phenoxy) is 2. The van der Waals surface area contributed by atoms with Crippen LogP contribution < -0.4 is 4.74 Å². The van der Waals surface area contributed by atoms with Crippen molar-refractivity contribution < 1.29 is 19.1 Å². The molecule has 0 aromatic heterocycles. The zero-order valence-corrected chi connectivity index (χ0v) is 12.5. The molecule has 2 fully saturated rings. The third-order valence-corrected chi connectivity index (χ3v) is 4.47. The first-order valence-electron chi connectivity index (χ1n) is 7.37. The van der Waals surface area contributed by atoms with Crippen LogP contribution >= 0.6 is 0 Å². The Labute approximate surface area is 124 Å². The van der Waals surface area contributed by atoms with E-state index in [4.69, 9.17) is 14.3 Å². The molecule has 3 atom stereocenters. The Hall–Kier alpha value is -1.59. The Morgan fingerprint density at radius 1 is 1.29 bits per heavy atom. The van der Waals surface area contributed by atoms with Crippen LogP contribution in [0.5, 0.6) is 5.75 Å². The van der Waals surface area contributed by atoms with E-state index in [9.17, 15) is 4.79 Å². The van der Waals surface area contributed by atoms with E-state index in [-0.39, 0.29) is 11.9 Å². The molecule has 21 heavy (non-hydrogen) atoms. The van der Waals surface area contributed by atoms with Gasteiger partial charge in [0.25, 0.3) is 0 Å². The Morgan fingerprint density at radius 3 is 2.71 bits per heavy atom. The third kappa shape index (κ3) is 2.76. The number of rotatable bonds is 4. The Morgan fingerprint density at radius 2 is 2.05 bits per heavy atom. The van der Waals surface area contributed by atoms with E-state index in [1.165, 1.54) is 7.11 Å². The van der Waals surface area contributed by atoms with Crippen molar-refractivity contribution in [3.63, 3.8) is 0 Å². The van der Waals surface area contributed by atoms with Crippen LogP contribution in [-0.2, 0) is 20.9 Å². The van der Waals surface area contributed by atoms with Gasteiger partial charge in [-0.25, -0.2) is 4.79 Å². The van der Waals surface area contributed by atoms with E-state index in [1.54, 1.807) is 7.11 Å². The van der Waals surface area contributed by atoms with Gasteiger partial charge in [0.2, 0.25) is 0 Å². The first-order chi connectivity index (χ1) is 10.2. The van der Waals surface area contributed by atoms with Crippen LogP contribution in [0.3, 0.4) is 0 Å². The van der Waals surface area contributed by atoms with Gasteiger partial charge < -0.3 is 9.47 Å². The fourth-order valence-corrected chi connectivity index (χ4v) is 3.38. The lowest BCUT2D eigenvalue weighted by Gasteiger charge is -2.21. The largest absolute Gasteiger partial charge is 0.497 e. The zero-order chi connectivity index (χ0) is 14.8. The maximum absolute atomic E-state index is 11.8. The van der Waals surface area contributed by atoms with Crippen molar-refractivity contribution in [2.45, 2.75) is 38.0 Å². The predicted octanol–water partition coefficient (Wildman–Crippen LogP) is 2.15. The SMILES string of the molecule is COC(=O)[C@H]1ON(Cc2ccc(OC)cc2)[C@@H]2CCC[C@H]12. The van der Waals surface area contributed by atoms with Gasteiger partial charge in [0, 0.05) is 18.5 Å². The molecular weight excluding hydrogens is 270 g/mol. The maximum Gasteiger partial charge on any atom is 0.337 e. The van der Waals surface area contributed by atoms with Crippen molar-refractivity contribution >= 4 is 5.97 Å².